The van der Waals surface area contributed by atoms with Gasteiger partial charge in [0.25, 0.3) is 0 Å². The minimum Gasteiger partial charge on any atom is -0.460 e. The zero-order valence-corrected chi connectivity index (χ0v) is 15.6. The van der Waals surface area contributed by atoms with Crippen LogP contribution in [0.3, 0.4) is 0 Å². The smallest absolute Gasteiger partial charge is 0.307 e. The maximum Gasteiger partial charge on any atom is 0.307 e. The van der Waals surface area contributed by atoms with Gasteiger partial charge < -0.3 is 23.7 Å². The Kier molecular flexibility index (Phi) is 4.34. The summed E-state index contributed by atoms with van der Waals surface area (Å²) in [6, 6.07) is 11.5. The quantitative estimate of drug-likeness (QED) is 0.758. The first-order valence-corrected chi connectivity index (χ1v) is 8.90. The third-order valence-corrected chi connectivity index (χ3v) is 4.39. The van der Waals surface area contributed by atoms with E-state index in [1.165, 1.54) is 0 Å². The summed E-state index contributed by atoms with van der Waals surface area (Å²) in [7, 11) is 0. The van der Waals surface area contributed by atoms with E-state index in [0.29, 0.717) is 23.0 Å². The van der Waals surface area contributed by atoms with Gasteiger partial charge in [-0.15, -0.1) is 0 Å². The summed E-state index contributed by atoms with van der Waals surface area (Å²) in [5.74, 6) is 2.32. The van der Waals surface area contributed by atoms with Crippen molar-refractivity contribution in [1.82, 2.24) is 0 Å². The van der Waals surface area contributed by atoms with Crippen LogP contribution in [0.4, 0.5) is 0 Å². The van der Waals surface area contributed by atoms with Crippen LogP contribution in [-0.2, 0) is 9.53 Å². The predicted octanol–water partition coefficient (Wildman–Crippen LogP) is 4.01. The van der Waals surface area contributed by atoms with Crippen LogP contribution >= 0.6 is 0 Å². The van der Waals surface area contributed by atoms with Crippen molar-refractivity contribution in [3.05, 3.63) is 47.5 Å². The van der Waals surface area contributed by atoms with E-state index in [1.807, 2.05) is 57.2 Å². The van der Waals surface area contributed by atoms with Gasteiger partial charge in [0.15, 0.2) is 23.0 Å². The highest BCUT2D eigenvalue weighted by molar-refractivity contribution is 5.72. The first-order chi connectivity index (χ1) is 12.9. The Bertz CT molecular complexity index is 810. The average Bonchev–Trinajstić information content (AvgIpc) is 3.25. The van der Waals surface area contributed by atoms with E-state index in [0.717, 1.165) is 11.1 Å². The third-order valence-electron chi connectivity index (χ3n) is 4.39. The van der Waals surface area contributed by atoms with Crippen LogP contribution in [0.25, 0.3) is 0 Å². The van der Waals surface area contributed by atoms with Gasteiger partial charge in [0.1, 0.15) is 5.60 Å². The van der Waals surface area contributed by atoms with Crippen molar-refractivity contribution in [1.29, 1.82) is 0 Å². The molecule has 142 valence electrons. The minimum absolute atomic E-state index is 0.205. The number of carbonyl (C=O) groups is 1. The molecular weight excluding hydrogens is 348 g/mol. The van der Waals surface area contributed by atoms with Crippen LogP contribution in [0.5, 0.6) is 23.0 Å². The molecule has 2 aromatic rings. The fourth-order valence-electron chi connectivity index (χ4n) is 3.24. The van der Waals surface area contributed by atoms with Gasteiger partial charge >= 0.3 is 5.97 Å². The molecule has 6 nitrogen and oxygen atoms in total. The molecule has 27 heavy (non-hydrogen) atoms. The lowest BCUT2D eigenvalue weighted by atomic mass is 9.88. The molecular formula is C21H22O6. The maximum absolute atomic E-state index is 12.5. The van der Waals surface area contributed by atoms with Crippen LogP contribution in [0, 0.1) is 0 Å². The number of carbonyl (C=O) groups excluding carboxylic acids is 1. The van der Waals surface area contributed by atoms with Crippen molar-refractivity contribution < 1.29 is 28.5 Å². The Morgan fingerprint density at radius 2 is 1.37 bits per heavy atom. The molecule has 0 radical (unpaired) electrons. The molecule has 0 bridgehead atoms. The third kappa shape index (κ3) is 3.79. The number of hydrogen-bond donors (Lipinski definition) is 0. The van der Waals surface area contributed by atoms with Gasteiger partial charge in [-0.1, -0.05) is 12.1 Å². The molecule has 0 N–H and O–H groups in total. The van der Waals surface area contributed by atoms with E-state index in [4.69, 9.17) is 23.7 Å². The molecule has 0 spiro atoms. The first kappa shape index (κ1) is 17.5. The standard InChI is InChI=1S/C21H22O6/c1-21(2,3)27-20(22)10-15(13-4-6-16-18(8-13)25-11-23-16)14-5-7-17-19(9-14)26-12-24-17/h4-9,15H,10-12H2,1-3H3. The Morgan fingerprint density at radius 1 is 0.889 bits per heavy atom. The molecule has 0 fully saturated rings. The van der Waals surface area contributed by atoms with Crippen molar-refractivity contribution in [3.63, 3.8) is 0 Å². The monoisotopic (exact) mass is 370 g/mol. The molecule has 0 aliphatic carbocycles. The van der Waals surface area contributed by atoms with Gasteiger partial charge in [-0.2, -0.15) is 0 Å². The highest BCUT2D eigenvalue weighted by atomic mass is 16.7. The summed E-state index contributed by atoms with van der Waals surface area (Å²) in [6.07, 6.45) is 0.205. The molecule has 6 heteroatoms. The summed E-state index contributed by atoms with van der Waals surface area (Å²) < 4.78 is 27.3. The van der Waals surface area contributed by atoms with Crippen LogP contribution in [0.15, 0.2) is 36.4 Å². The van der Waals surface area contributed by atoms with Gasteiger partial charge in [-0.25, -0.2) is 0 Å². The fraction of sp³-hybridized carbons (Fsp3) is 0.381. The Labute approximate surface area is 157 Å². The average molecular weight is 370 g/mol. The highest BCUT2D eigenvalue weighted by Gasteiger charge is 2.26. The number of fused-ring (bicyclic) bond motifs is 2. The van der Waals surface area contributed by atoms with E-state index in [9.17, 15) is 4.79 Å². The van der Waals surface area contributed by atoms with E-state index >= 15 is 0 Å². The number of benzene rings is 2. The number of hydrogen-bond acceptors (Lipinski definition) is 6. The molecule has 0 atom stereocenters. The minimum atomic E-state index is -0.536. The first-order valence-electron chi connectivity index (χ1n) is 8.90. The topological polar surface area (TPSA) is 63.2 Å². The zero-order chi connectivity index (χ0) is 19.0. The largest absolute Gasteiger partial charge is 0.460 e. The molecule has 0 saturated heterocycles. The Hall–Kier alpha value is -2.89. The van der Waals surface area contributed by atoms with Crippen LogP contribution < -0.4 is 18.9 Å². The van der Waals surface area contributed by atoms with E-state index < -0.39 is 5.60 Å². The number of ether oxygens (including phenoxy) is 5. The number of rotatable bonds is 4. The molecule has 0 amide bonds. The fourth-order valence-corrected chi connectivity index (χ4v) is 3.24. The zero-order valence-electron chi connectivity index (χ0n) is 15.6. The van der Waals surface area contributed by atoms with Gasteiger partial charge in [0.2, 0.25) is 13.6 Å². The summed E-state index contributed by atoms with van der Waals surface area (Å²) in [6.45, 7) is 6.00. The van der Waals surface area contributed by atoms with Gasteiger partial charge in [0, 0.05) is 5.92 Å². The summed E-state index contributed by atoms with van der Waals surface area (Å²) in [5, 5.41) is 0. The lowest BCUT2D eigenvalue weighted by molar-refractivity contribution is -0.155. The molecule has 2 aliphatic rings. The predicted molar refractivity (Wildman–Crippen MR) is 97.4 cm³/mol. The number of esters is 1. The Balaban J connectivity index is 1.68. The lowest BCUT2D eigenvalue weighted by Crippen LogP contribution is -2.25. The van der Waals surface area contributed by atoms with Gasteiger partial charge in [-0.3, -0.25) is 4.79 Å². The second kappa shape index (κ2) is 6.68. The van der Waals surface area contributed by atoms with Gasteiger partial charge in [-0.05, 0) is 56.2 Å². The SMILES string of the molecule is CC(C)(C)OC(=O)CC(c1ccc2c(c1)OCO2)c1ccc2c(c1)OCO2. The van der Waals surface area contributed by atoms with Crippen molar-refractivity contribution in [2.24, 2.45) is 0 Å². The van der Waals surface area contributed by atoms with Crippen molar-refractivity contribution in [2.45, 2.75) is 38.7 Å². The van der Waals surface area contributed by atoms with Crippen LogP contribution in [-0.4, -0.2) is 25.2 Å². The van der Waals surface area contributed by atoms with Crippen molar-refractivity contribution >= 4 is 5.97 Å². The second-order valence-corrected chi connectivity index (χ2v) is 7.57. The van der Waals surface area contributed by atoms with E-state index in [1.54, 1.807) is 0 Å². The van der Waals surface area contributed by atoms with Crippen LogP contribution in [0.1, 0.15) is 44.2 Å². The molecule has 2 aliphatic heterocycles. The molecule has 2 heterocycles. The summed E-state index contributed by atoms with van der Waals surface area (Å²) in [5.41, 5.74) is 1.36. The maximum atomic E-state index is 12.5. The lowest BCUT2D eigenvalue weighted by Gasteiger charge is -2.23. The Morgan fingerprint density at radius 3 is 1.85 bits per heavy atom. The van der Waals surface area contributed by atoms with Crippen LogP contribution in [0.2, 0.25) is 0 Å². The van der Waals surface area contributed by atoms with Crippen molar-refractivity contribution in [2.75, 3.05) is 13.6 Å². The summed E-state index contributed by atoms with van der Waals surface area (Å²) >= 11 is 0. The molecule has 4 rings (SSSR count). The molecule has 2 aromatic carbocycles. The molecule has 0 unspecified atom stereocenters. The normalized spacial score (nSPS) is 14.5. The van der Waals surface area contributed by atoms with E-state index in [-0.39, 0.29) is 31.9 Å². The van der Waals surface area contributed by atoms with E-state index in [2.05, 4.69) is 0 Å². The molecule has 0 saturated carbocycles. The highest BCUT2D eigenvalue weighted by Crippen LogP contribution is 2.41. The molecule has 0 aromatic heterocycles. The second-order valence-electron chi connectivity index (χ2n) is 7.57. The van der Waals surface area contributed by atoms with Crippen molar-refractivity contribution in [3.8, 4) is 23.0 Å². The van der Waals surface area contributed by atoms with Gasteiger partial charge in [0.05, 0.1) is 6.42 Å². The summed E-state index contributed by atoms with van der Waals surface area (Å²) in [4.78, 5) is 12.5.